The standard InChI is InChI=1S/C23H22N2O/c1-2-15-25(17-20-13-8-12-18-9-6-7-14-21(18)20)23-16-22(24-26-23)19-10-4-3-5-11-19/h3-14,16H,2,15,17H2,1H3. The molecule has 0 radical (unpaired) electrons. The highest BCUT2D eigenvalue weighted by Crippen LogP contribution is 2.27. The van der Waals surface area contributed by atoms with Crippen molar-refractivity contribution in [2.45, 2.75) is 19.9 Å². The van der Waals surface area contributed by atoms with Gasteiger partial charge in [-0.25, -0.2) is 0 Å². The van der Waals surface area contributed by atoms with E-state index in [2.05, 4.69) is 71.6 Å². The lowest BCUT2D eigenvalue weighted by atomic mass is 10.0. The molecule has 130 valence electrons. The van der Waals surface area contributed by atoms with Crippen LogP contribution in [-0.2, 0) is 6.54 Å². The normalized spacial score (nSPS) is 11.0. The van der Waals surface area contributed by atoms with Gasteiger partial charge in [0.05, 0.1) is 0 Å². The number of benzene rings is 3. The number of hydrogen-bond donors (Lipinski definition) is 0. The largest absolute Gasteiger partial charge is 0.338 e. The number of nitrogens with zero attached hydrogens (tertiary/aromatic N) is 2. The lowest BCUT2D eigenvalue weighted by molar-refractivity contribution is 0.416. The third kappa shape index (κ3) is 3.33. The lowest BCUT2D eigenvalue weighted by Crippen LogP contribution is -2.23. The lowest BCUT2D eigenvalue weighted by Gasteiger charge is -2.21. The van der Waals surface area contributed by atoms with Crippen LogP contribution in [0.25, 0.3) is 22.0 Å². The molecule has 0 spiro atoms. The molecule has 0 fully saturated rings. The van der Waals surface area contributed by atoms with Gasteiger partial charge in [-0.05, 0) is 22.8 Å². The van der Waals surface area contributed by atoms with Gasteiger partial charge in [-0.3, -0.25) is 0 Å². The van der Waals surface area contributed by atoms with Crippen molar-refractivity contribution >= 4 is 16.7 Å². The maximum Gasteiger partial charge on any atom is 0.228 e. The molecule has 0 saturated heterocycles. The van der Waals surface area contributed by atoms with Crippen LogP contribution < -0.4 is 4.90 Å². The predicted molar refractivity (Wildman–Crippen MR) is 107 cm³/mol. The molecular weight excluding hydrogens is 320 g/mol. The molecule has 0 unspecified atom stereocenters. The molecule has 0 bridgehead atoms. The van der Waals surface area contributed by atoms with Crippen LogP contribution in [0.5, 0.6) is 0 Å². The fourth-order valence-corrected chi connectivity index (χ4v) is 3.33. The van der Waals surface area contributed by atoms with Crippen LogP contribution in [0.4, 0.5) is 5.88 Å². The Morgan fingerprint density at radius 1 is 0.885 bits per heavy atom. The van der Waals surface area contributed by atoms with Crippen molar-refractivity contribution in [3.63, 3.8) is 0 Å². The van der Waals surface area contributed by atoms with Crippen LogP contribution in [0, 0.1) is 0 Å². The van der Waals surface area contributed by atoms with Gasteiger partial charge in [-0.1, -0.05) is 84.9 Å². The molecule has 3 heteroatoms. The zero-order valence-corrected chi connectivity index (χ0v) is 14.9. The quantitative estimate of drug-likeness (QED) is 0.436. The fraction of sp³-hybridized carbons (Fsp3) is 0.174. The molecule has 0 N–H and O–H groups in total. The van der Waals surface area contributed by atoms with Crippen molar-refractivity contribution in [1.29, 1.82) is 0 Å². The summed E-state index contributed by atoms with van der Waals surface area (Å²) in [6.07, 6.45) is 1.05. The van der Waals surface area contributed by atoms with Gasteiger partial charge in [-0.15, -0.1) is 0 Å². The molecule has 4 rings (SSSR count). The molecule has 3 aromatic carbocycles. The summed E-state index contributed by atoms with van der Waals surface area (Å²) < 4.78 is 5.69. The van der Waals surface area contributed by atoms with E-state index in [1.54, 1.807) is 0 Å². The van der Waals surface area contributed by atoms with E-state index in [0.29, 0.717) is 0 Å². The summed E-state index contributed by atoms with van der Waals surface area (Å²) >= 11 is 0. The molecule has 0 amide bonds. The average molecular weight is 342 g/mol. The minimum absolute atomic E-state index is 0.804. The first-order valence-electron chi connectivity index (χ1n) is 9.09. The Morgan fingerprint density at radius 3 is 2.50 bits per heavy atom. The second kappa shape index (κ2) is 7.44. The number of aromatic nitrogens is 1. The number of fused-ring (bicyclic) bond motifs is 1. The first-order chi connectivity index (χ1) is 12.8. The Balaban J connectivity index is 1.65. The zero-order valence-electron chi connectivity index (χ0n) is 14.9. The third-order valence-electron chi connectivity index (χ3n) is 4.61. The summed E-state index contributed by atoms with van der Waals surface area (Å²) in [5.41, 5.74) is 3.25. The van der Waals surface area contributed by atoms with Gasteiger partial charge in [0.15, 0.2) is 0 Å². The van der Waals surface area contributed by atoms with Crippen molar-refractivity contribution in [2.75, 3.05) is 11.4 Å². The highest BCUT2D eigenvalue weighted by molar-refractivity contribution is 5.85. The van der Waals surface area contributed by atoms with Crippen LogP contribution in [0.15, 0.2) is 83.4 Å². The second-order valence-corrected chi connectivity index (χ2v) is 6.48. The average Bonchev–Trinajstić information content (AvgIpc) is 3.19. The molecule has 0 aliphatic rings. The van der Waals surface area contributed by atoms with Crippen molar-refractivity contribution in [2.24, 2.45) is 0 Å². The van der Waals surface area contributed by atoms with E-state index in [1.807, 2.05) is 24.3 Å². The third-order valence-corrected chi connectivity index (χ3v) is 4.61. The first-order valence-corrected chi connectivity index (χ1v) is 9.09. The minimum atomic E-state index is 0.804. The molecule has 0 atom stereocenters. The first kappa shape index (κ1) is 16.4. The van der Waals surface area contributed by atoms with E-state index in [1.165, 1.54) is 16.3 Å². The SMILES string of the molecule is CCCN(Cc1cccc2ccccc12)c1cc(-c2ccccc2)no1. The van der Waals surface area contributed by atoms with E-state index in [4.69, 9.17) is 4.52 Å². The van der Waals surface area contributed by atoms with Crippen LogP contribution in [0.2, 0.25) is 0 Å². The van der Waals surface area contributed by atoms with Crippen LogP contribution >= 0.6 is 0 Å². The zero-order chi connectivity index (χ0) is 17.8. The van der Waals surface area contributed by atoms with Gasteiger partial charge in [0, 0.05) is 24.7 Å². The number of hydrogen-bond acceptors (Lipinski definition) is 3. The Kier molecular flexibility index (Phi) is 4.69. The van der Waals surface area contributed by atoms with Gasteiger partial charge in [-0.2, -0.15) is 0 Å². The highest BCUT2D eigenvalue weighted by Gasteiger charge is 2.15. The summed E-state index contributed by atoms with van der Waals surface area (Å²) in [6, 6.07) is 27.2. The topological polar surface area (TPSA) is 29.3 Å². The molecule has 0 aliphatic heterocycles. The Hall–Kier alpha value is -3.07. The van der Waals surface area contributed by atoms with Gasteiger partial charge in [0.2, 0.25) is 5.88 Å². The van der Waals surface area contributed by atoms with Crippen LogP contribution in [-0.4, -0.2) is 11.7 Å². The molecule has 1 aromatic heterocycles. The fourth-order valence-electron chi connectivity index (χ4n) is 3.33. The minimum Gasteiger partial charge on any atom is -0.338 e. The Labute approximate surface area is 153 Å². The van der Waals surface area contributed by atoms with Gasteiger partial charge < -0.3 is 9.42 Å². The molecule has 4 aromatic rings. The van der Waals surface area contributed by atoms with Crippen LogP contribution in [0.3, 0.4) is 0 Å². The van der Waals surface area contributed by atoms with E-state index in [0.717, 1.165) is 36.7 Å². The maximum absolute atomic E-state index is 5.69. The Bertz CT molecular complexity index is 986. The van der Waals surface area contributed by atoms with E-state index in [9.17, 15) is 0 Å². The highest BCUT2D eigenvalue weighted by atomic mass is 16.5. The molecule has 3 nitrogen and oxygen atoms in total. The van der Waals surface area contributed by atoms with Gasteiger partial charge in [0.1, 0.15) is 5.69 Å². The monoisotopic (exact) mass is 342 g/mol. The summed E-state index contributed by atoms with van der Waals surface area (Å²) in [6.45, 7) is 3.91. The van der Waals surface area contributed by atoms with Crippen molar-refractivity contribution in [3.8, 4) is 11.3 Å². The van der Waals surface area contributed by atoms with E-state index >= 15 is 0 Å². The van der Waals surface area contributed by atoms with E-state index < -0.39 is 0 Å². The predicted octanol–water partition coefficient (Wildman–Crippen LogP) is 5.91. The smallest absolute Gasteiger partial charge is 0.228 e. The van der Waals surface area contributed by atoms with Crippen molar-refractivity contribution in [1.82, 2.24) is 5.16 Å². The van der Waals surface area contributed by atoms with Gasteiger partial charge in [0.25, 0.3) is 0 Å². The summed E-state index contributed by atoms with van der Waals surface area (Å²) in [5, 5.41) is 6.84. The maximum atomic E-state index is 5.69. The molecule has 0 saturated carbocycles. The molecule has 0 aliphatic carbocycles. The second-order valence-electron chi connectivity index (χ2n) is 6.48. The Morgan fingerprint density at radius 2 is 1.65 bits per heavy atom. The summed E-state index contributed by atoms with van der Waals surface area (Å²) in [4.78, 5) is 2.27. The van der Waals surface area contributed by atoms with Gasteiger partial charge >= 0.3 is 0 Å². The summed E-state index contributed by atoms with van der Waals surface area (Å²) in [5.74, 6) is 0.818. The summed E-state index contributed by atoms with van der Waals surface area (Å²) in [7, 11) is 0. The number of rotatable bonds is 6. The van der Waals surface area contributed by atoms with Crippen molar-refractivity contribution < 1.29 is 4.52 Å². The number of anilines is 1. The van der Waals surface area contributed by atoms with Crippen molar-refractivity contribution in [3.05, 3.63) is 84.4 Å². The van der Waals surface area contributed by atoms with Crippen LogP contribution in [0.1, 0.15) is 18.9 Å². The molecule has 1 heterocycles. The molecular formula is C23H22N2O. The van der Waals surface area contributed by atoms with E-state index in [-0.39, 0.29) is 0 Å². The molecule has 26 heavy (non-hydrogen) atoms.